The lowest BCUT2D eigenvalue weighted by atomic mass is 10.0. The molecule has 0 aliphatic rings. The number of rotatable bonds is 18. The van der Waals surface area contributed by atoms with Gasteiger partial charge in [-0.25, -0.2) is 19.2 Å². The van der Waals surface area contributed by atoms with Crippen LogP contribution in [0.5, 0.6) is 0 Å². The van der Waals surface area contributed by atoms with Gasteiger partial charge in [0.1, 0.15) is 18.2 Å². The number of carbonyl (C=O) groups excluding carboxylic acids is 4. The van der Waals surface area contributed by atoms with Gasteiger partial charge in [0.2, 0.25) is 0 Å². The summed E-state index contributed by atoms with van der Waals surface area (Å²) >= 11 is 0. The maximum absolute atomic E-state index is 12.6. The van der Waals surface area contributed by atoms with Gasteiger partial charge in [0.15, 0.2) is 0 Å². The molecule has 230 valence electrons. The van der Waals surface area contributed by atoms with E-state index in [1.807, 2.05) is 6.07 Å². The first-order valence-corrected chi connectivity index (χ1v) is 13.6. The Morgan fingerprint density at radius 2 is 1.34 bits per heavy atom. The second kappa shape index (κ2) is 19.2. The number of ether oxygens (including phenoxy) is 3. The first-order valence-electron chi connectivity index (χ1n) is 13.6. The van der Waals surface area contributed by atoms with Crippen molar-refractivity contribution in [1.29, 1.82) is 0 Å². The van der Waals surface area contributed by atoms with E-state index < -0.39 is 48.3 Å². The predicted octanol–water partition coefficient (Wildman–Crippen LogP) is 3.91. The lowest BCUT2D eigenvalue weighted by molar-refractivity contribution is -0.304. The van der Waals surface area contributed by atoms with Crippen molar-refractivity contribution < 1.29 is 53.1 Å². The number of carboxylic acid groups (broad SMARTS) is 1. The average Bonchev–Trinajstić information content (AvgIpc) is 2.92. The number of hydrogen-bond donors (Lipinski definition) is 3. The summed E-state index contributed by atoms with van der Waals surface area (Å²) in [6.07, 6.45) is -1.59. The SMILES string of the molecule is CCOC(=O)N[C@H](C(=O)OOC(CCCOC(=O)N[C@H](C(=O)OCCCC(=O)O)C(C)C)c1ccccc1)C(C)C. The topological polar surface area (TPSA) is 176 Å². The lowest BCUT2D eigenvalue weighted by Gasteiger charge is -2.22. The summed E-state index contributed by atoms with van der Waals surface area (Å²) in [5.41, 5.74) is 0.717. The molecule has 0 saturated carbocycles. The molecule has 3 N–H and O–H groups in total. The predicted molar refractivity (Wildman–Crippen MR) is 145 cm³/mol. The molecule has 3 atom stereocenters. The molecule has 0 aliphatic heterocycles. The van der Waals surface area contributed by atoms with Gasteiger partial charge in [0.25, 0.3) is 0 Å². The summed E-state index contributed by atoms with van der Waals surface area (Å²) in [7, 11) is 0. The van der Waals surface area contributed by atoms with Crippen LogP contribution in [0.3, 0.4) is 0 Å². The third-order valence-electron chi connectivity index (χ3n) is 5.70. The van der Waals surface area contributed by atoms with E-state index in [1.165, 1.54) is 0 Å². The molecule has 0 heterocycles. The van der Waals surface area contributed by atoms with Crippen molar-refractivity contribution >= 4 is 30.1 Å². The molecule has 41 heavy (non-hydrogen) atoms. The van der Waals surface area contributed by atoms with Gasteiger partial charge in [0.05, 0.1) is 19.8 Å². The van der Waals surface area contributed by atoms with Crippen LogP contribution in [0.2, 0.25) is 0 Å². The molecule has 1 aromatic carbocycles. The summed E-state index contributed by atoms with van der Waals surface area (Å²) in [6, 6.07) is 7.03. The Morgan fingerprint density at radius 3 is 1.90 bits per heavy atom. The molecule has 0 fully saturated rings. The van der Waals surface area contributed by atoms with E-state index in [9.17, 15) is 24.0 Å². The molecule has 13 heteroatoms. The summed E-state index contributed by atoms with van der Waals surface area (Å²) in [6.45, 7) is 8.60. The van der Waals surface area contributed by atoms with E-state index in [2.05, 4.69) is 10.6 Å². The molecule has 0 saturated heterocycles. The summed E-state index contributed by atoms with van der Waals surface area (Å²) in [4.78, 5) is 70.2. The van der Waals surface area contributed by atoms with Gasteiger partial charge >= 0.3 is 30.1 Å². The molecule has 0 radical (unpaired) electrons. The minimum Gasteiger partial charge on any atom is -0.481 e. The summed E-state index contributed by atoms with van der Waals surface area (Å²) in [5, 5.41) is 13.6. The largest absolute Gasteiger partial charge is 0.481 e. The highest BCUT2D eigenvalue weighted by Gasteiger charge is 2.29. The third kappa shape index (κ3) is 14.4. The van der Waals surface area contributed by atoms with Crippen molar-refractivity contribution in [3.8, 4) is 0 Å². The Hall–Kier alpha value is -3.87. The van der Waals surface area contributed by atoms with Gasteiger partial charge < -0.3 is 30.0 Å². The fourth-order valence-corrected chi connectivity index (χ4v) is 3.48. The van der Waals surface area contributed by atoms with Crippen molar-refractivity contribution in [3.63, 3.8) is 0 Å². The van der Waals surface area contributed by atoms with Crippen molar-refractivity contribution in [1.82, 2.24) is 10.6 Å². The van der Waals surface area contributed by atoms with Crippen LogP contribution in [0.4, 0.5) is 9.59 Å². The number of alkyl carbamates (subject to hydrolysis) is 2. The molecule has 2 amide bonds. The number of amides is 2. The Labute approximate surface area is 240 Å². The number of carboxylic acids is 1. The molecule has 0 bridgehead atoms. The average molecular weight is 583 g/mol. The van der Waals surface area contributed by atoms with Crippen molar-refractivity contribution in [2.75, 3.05) is 19.8 Å². The molecule has 1 rings (SSSR count). The molecule has 13 nitrogen and oxygen atoms in total. The Bertz CT molecular complexity index is 969. The fraction of sp³-hybridized carbons (Fsp3) is 0.607. The Kier molecular flexibility index (Phi) is 16.5. The molecule has 1 unspecified atom stereocenters. The van der Waals surface area contributed by atoms with Crippen LogP contribution in [0.15, 0.2) is 30.3 Å². The summed E-state index contributed by atoms with van der Waals surface area (Å²) < 4.78 is 15.1. The molecule has 0 aliphatic carbocycles. The van der Waals surface area contributed by atoms with E-state index in [-0.39, 0.29) is 44.5 Å². The number of benzene rings is 1. The molecular weight excluding hydrogens is 540 g/mol. The third-order valence-corrected chi connectivity index (χ3v) is 5.70. The normalized spacial score (nSPS) is 13.0. The summed E-state index contributed by atoms with van der Waals surface area (Å²) in [5.74, 6) is -3.06. The molecular formula is C28H42N2O11. The van der Waals surface area contributed by atoms with Crippen LogP contribution in [0, 0.1) is 11.8 Å². The monoisotopic (exact) mass is 582 g/mol. The van der Waals surface area contributed by atoms with Crippen LogP contribution in [-0.2, 0) is 38.4 Å². The van der Waals surface area contributed by atoms with E-state index in [0.29, 0.717) is 12.8 Å². The minimum absolute atomic E-state index is 0.0238. The van der Waals surface area contributed by atoms with Crippen LogP contribution in [0.25, 0.3) is 0 Å². The van der Waals surface area contributed by atoms with E-state index in [4.69, 9.17) is 29.1 Å². The van der Waals surface area contributed by atoms with Crippen LogP contribution in [-0.4, -0.2) is 67.1 Å². The number of nitrogens with one attached hydrogen (secondary N) is 2. The standard InChI is InChI=1S/C28H42N2O11/c1-6-37-27(35)30-24(19(4)5)26(34)41-40-21(20-12-8-7-9-13-20)14-10-17-39-28(36)29-23(18(2)3)25(33)38-16-11-15-22(31)32/h7-9,12-13,18-19,21,23-24H,6,10-11,14-17H2,1-5H3,(H,29,36)(H,30,35)(H,31,32)/t21?,23-,24-/m0/s1. The lowest BCUT2D eigenvalue weighted by Crippen LogP contribution is -2.45. The Morgan fingerprint density at radius 1 is 0.780 bits per heavy atom. The zero-order valence-electron chi connectivity index (χ0n) is 24.3. The van der Waals surface area contributed by atoms with E-state index >= 15 is 0 Å². The zero-order chi connectivity index (χ0) is 30.8. The maximum Gasteiger partial charge on any atom is 0.407 e. The van der Waals surface area contributed by atoms with Gasteiger partial charge in [-0.3, -0.25) is 9.68 Å². The number of aliphatic carboxylic acids is 1. The quantitative estimate of drug-likeness (QED) is 0.0752. The molecule has 0 spiro atoms. The van der Waals surface area contributed by atoms with Crippen LogP contribution >= 0.6 is 0 Å². The van der Waals surface area contributed by atoms with Crippen molar-refractivity contribution in [3.05, 3.63) is 35.9 Å². The first kappa shape index (κ1) is 35.2. The highest BCUT2D eigenvalue weighted by atomic mass is 17.2. The van der Waals surface area contributed by atoms with Gasteiger partial charge in [0, 0.05) is 6.42 Å². The van der Waals surface area contributed by atoms with Gasteiger partial charge in [-0.05, 0) is 43.6 Å². The van der Waals surface area contributed by atoms with Crippen LogP contribution in [0.1, 0.15) is 72.0 Å². The van der Waals surface area contributed by atoms with Gasteiger partial charge in [-0.15, -0.1) is 0 Å². The number of esters is 1. The van der Waals surface area contributed by atoms with E-state index in [0.717, 1.165) is 5.56 Å². The minimum atomic E-state index is -0.994. The zero-order valence-corrected chi connectivity index (χ0v) is 24.3. The fourth-order valence-electron chi connectivity index (χ4n) is 3.48. The van der Waals surface area contributed by atoms with Crippen LogP contribution < -0.4 is 10.6 Å². The second-order valence-electron chi connectivity index (χ2n) is 9.79. The maximum atomic E-state index is 12.6. The highest BCUT2D eigenvalue weighted by molar-refractivity contribution is 5.82. The van der Waals surface area contributed by atoms with Gasteiger partial charge in [-0.1, -0.05) is 58.0 Å². The number of hydrogen-bond acceptors (Lipinski definition) is 10. The Balaban J connectivity index is 2.64. The van der Waals surface area contributed by atoms with Crippen molar-refractivity contribution in [2.45, 2.75) is 78.5 Å². The smallest absolute Gasteiger partial charge is 0.407 e. The number of carbonyl (C=O) groups is 5. The molecule has 1 aromatic rings. The highest BCUT2D eigenvalue weighted by Crippen LogP contribution is 2.23. The van der Waals surface area contributed by atoms with Crippen molar-refractivity contribution in [2.24, 2.45) is 11.8 Å². The van der Waals surface area contributed by atoms with E-state index in [1.54, 1.807) is 58.9 Å². The second-order valence-corrected chi connectivity index (χ2v) is 9.79. The van der Waals surface area contributed by atoms with Gasteiger partial charge in [-0.2, -0.15) is 4.89 Å². The molecule has 0 aromatic heterocycles. The first-order chi connectivity index (χ1) is 19.5.